The van der Waals surface area contributed by atoms with E-state index in [9.17, 15) is 5.11 Å². The Morgan fingerprint density at radius 3 is 2.72 bits per heavy atom. The SMILES string of the molecule is CC(C)n1ncc(Cl)c1C(O)CCC1CCCC1. The fourth-order valence-electron chi connectivity index (χ4n) is 2.90. The second-order valence-electron chi connectivity index (χ2n) is 5.66. The van der Waals surface area contributed by atoms with Crippen LogP contribution in [0, 0.1) is 5.92 Å². The van der Waals surface area contributed by atoms with Gasteiger partial charge >= 0.3 is 0 Å². The van der Waals surface area contributed by atoms with Gasteiger partial charge in [-0.25, -0.2) is 0 Å². The van der Waals surface area contributed by atoms with Crippen LogP contribution in [0.15, 0.2) is 6.20 Å². The van der Waals surface area contributed by atoms with E-state index in [0.717, 1.165) is 24.5 Å². The monoisotopic (exact) mass is 270 g/mol. The van der Waals surface area contributed by atoms with Crippen molar-refractivity contribution in [3.05, 3.63) is 16.9 Å². The molecule has 18 heavy (non-hydrogen) atoms. The Morgan fingerprint density at radius 2 is 2.11 bits per heavy atom. The molecular formula is C14H23ClN2O. The average molecular weight is 271 g/mol. The van der Waals surface area contributed by atoms with Gasteiger partial charge in [0.25, 0.3) is 0 Å². The van der Waals surface area contributed by atoms with Crippen LogP contribution in [0.3, 0.4) is 0 Å². The Kier molecular flexibility index (Phi) is 4.68. The van der Waals surface area contributed by atoms with Crippen LogP contribution in [0.25, 0.3) is 0 Å². The minimum Gasteiger partial charge on any atom is -0.387 e. The van der Waals surface area contributed by atoms with E-state index in [-0.39, 0.29) is 6.04 Å². The molecule has 0 saturated heterocycles. The standard InChI is InChI=1S/C14H23ClN2O/c1-10(2)17-14(12(15)9-16-17)13(18)8-7-11-5-3-4-6-11/h9-11,13,18H,3-8H2,1-2H3. The minimum atomic E-state index is -0.483. The third-order valence-electron chi connectivity index (χ3n) is 3.91. The molecule has 1 aliphatic carbocycles. The second-order valence-corrected chi connectivity index (χ2v) is 6.07. The summed E-state index contributed by atoms with van der Waals surface area (Å²) in [4.78, 5) is 0. The molecule has 1 atom stereocenters. The quantitative estimate of drug-likeness (QED) is 0.874. The summed E-state index contributed by atoms with van der Waals surface area (Å²) in [5.74, 6) is 0.800. The van der Waals surface area contributed by atoms with Crippen molar-refractivity contribution < 1.29 is 5.11 Å². The molecule has 1 fully saturated rings. The molecule has 0 aromatic carbocycles. The lowest BCUT2D eigenvalue weighted by molar-refractivity contribution is 0.145. The van der Waals surface area contributed by atoms with E-state index >= 15 is 0 Å². The number of hydrogen-bond donors (Lipinski definition) is 1. The molecule has 1 heterocycles. The van der Waals surface area contributed by atoms with Crippen molar-refractivity contribution in [2.45, 2.75) is 64.5 Å². The first-order valence-electron chi connectivity index (χ1n) is 7.00. The molecule has 102 valence electrons. The van der Waals surface area contributed by atoms with Gasteiger partial charge in [0.2, 0.25) is 0 Å². The number of nitrogens with zero attached hydrogens (tertiary/aromatic N) is 2. The lowest BCUT2D eigenvalue weighted by Gasteiger charge is -2.18. The third-order valence-corrected chi connectivity index (χ3v) is 4.21. The fraction of sp³-hybridized carbons (Fsp3) is 0.786. The Balaban J connectivity index is 1.98. The first-order chi connectivity index (χ1) is 8.59. The number of aromatic nitrogens is 2. The van der Waals surface area contributed by atoms with Crippen LogP contribution < -0.4 is 0 Å². The molecule has 3 nitrogen and oxygen atoms in total. The summed E-state index contributed by atoms with van der Waals surface area (Å²) in [7, 11) is 0. The highest BCUT2D eigenvalue weighted by Crippen LogP contribution is 2.33. The van der Waals surface area contributed by atoms with Crippen LogP contribution >= 0.6 is 11.6 Å². The van der Waals surface area contributed by atoms with E-state index in [1.807, 2.05) is 4.68 Å². The Morgan fingerprint density at radius 1 is 1.44 bits per heavy atom. The smallest absolute Gasteiger partial charge is 0.0972 e. The predicted octanol–water partition coefficient (Wildman–Crippen LogP) is 4.12. The molecule has 1 unspecified atom stereocenters. The highest BCUT2D eigenvalue weighted by atomic mass is 35.5. The largest absolute Gasteiger partial charge is 0.387 e. The number of hydrogen-bond acceptors (Lipinski definition) is 2. The number of rotatable bonds is 5. The van der Waals surface area contributed by atoms with Crippen molar-refractivity contribution in [2.75, 3.05) is 0 Å². The molecule has 0 radical (unpaired) electrons. The van der Waals surface area contributed by atoms with Gasteiger partial charge in [-0.05, 0) is 32.6 Å². The summed E-state index contributed by atoms with van der Waals surface area (Å²) in [5.41, 5.74) is 0.782. The lowest BCUT2D eigenvalue weighted by Crippen LogP contribution is -2.12. The molecule has 2 rings (SSSR count). The van der Waals surface area contributed by atoms with Crippen molar-refractivity contribution in [3.8, 4) is 0 Å². The zero-order valence-corrected chi connectivity index (χ0v) is 12.0. The summed E-state index contributed by atoms with van der Waals surface area (Å²) in [5, 5.41) is 15.2. The van der Waals surface area contributed by atoms with Gasteiger partial charge in [-0.3, -0.25) is 4.68 Å². The van der Waals surface area contributed by atoms with Gasteiger partial charge in [0.1, 0.15) is 0 Å². The average Bonchev–Trinajstić information content (AvgIpc) is 2.94. The fourth-order valence-corrected chi connectivity index (χ4v) is 3.16. The first-order valence-corrected chi connectivity index (χ1v) is 7.38. The number of aliphatic hydroxyl groups excluding tert-OH is 1. The summed E-state index contributed by atoms with van der Waals surface area (Å²) in [6.45, 7) is 4.10. The molecule has 0 bridgehead atoms. The summed E-state index contributed by atoms with van der Waals surface area (Å²) < 4.78 is 1.83. The first kappa shape index (κ1) is 13.9. The van der Waals surface area contributed by atoms with Crippen molar-refractivity contribution in [3.63, 3.8) is 0 Å². The molecule has 0 spiro atoms. The van der Waals surface area contributed by atoms with E-state index in [1.165, 1.54) is 25.7 Å². The Labute approximate surface area is 114 Å². The zero-order chi connectivity index (χ0) is 13.1. The molecule has 1 aromatic heterocycles. The van der Waals surface area contributed by atoms with Gasteiger partial charge in [0.15, 0.2) is 0 Å². The topological polar surface area (TPSA) is 38.0 Å². The maximum atomic E-state index is 10.3. The van der Waals surface area contributed by atoms with E-state index < -0.39 is 6.10 Å². The van der Waals surface area contributed by atoms with Crippen LogP contribution in [-0.4, -0.2) is 14.9 Å². The molecule has 0 aliphatic heterocycles. The highest BCUT2D eigenvalue weighted by Gasteiger charge is 2.22. The molecule has 1 aromatic rings. The van der Waals surface area contributed by atoms with Crippen LogP contribution in [0.1, 0.15) is 70.2 Å². The van der Waals surface area contributed by atoms with Crippen LogP contribution in [0.2, 0.25) is 5.02 Å². The lowest BCUT2D eigenvalue weighted by atomic mass is 9.98. The molecule has 1 aliphatic rings. The highest BCUT2D eigenvalue weighted by molar-refractivity contribution is 6.31. The van der Waals surface area contributed by atoms with Crippen molar-refractivity contribution in [2.24, 2.45) is 5.92 Å². The Bertz CT molecular complexity index is 383. The van der Waals surface area contributed by atoms with Crippen LogP contribution in [0.5, 0.6) is 0 Å². The molecule has 1 N–H and O–H groups in total. The third kappa shape index (κ3) is 3.07. The normalized spacial score (nSPS) is 18.7. The molecule has 4 heteroatoms. The minimum absolute atomic E-state index is 0.230. The van der Waals surface area contributed by atoms with Crippen molar-refractivity contribution >= 4 is 11.6 Å². The number of halogens is 1. The van der Waals surface area contributed by atoms with Gasteiger partial charge < -0.3 is 5.11 Å². The molecule has 1 saturated carbocycles. The van der Waals surface area contributed by atoms with Gasteiger partial charge in [-0.15, -0.1) is 0 Å². The summed E-state index contributed by atoms with van der Waals surface area (Å²) >= 11 is 6.14. The van der Waals surface area contributed by atoms with E-state index in [1.54, 1.807) is 6.20 Å². The van der Waals surface area contributed by atoms with Gasteiger partial charge in [0, 0.05) is 6.04 Å². The van der Waals surface area contributed by atoms with Gasteiger partial charge in [-0.2, -0.15) is 5.10 Å². The maximum Gasteiger partial charge on any atom is 0.0972 e. The maximum absolute atomic E-state index is 10.3. The van der Waals surface area contributed by atoms with E-state index in [4.69, 9.17) is 11.6 Å². The van der Waals surface area contributed by atoms with Crippen LogP contribution in [0.4, 0.5) is 0 Å². The summed E-state index contributed by atoms with van der Waals surface area (Å²) in [6.07, 6.45) is 8.40. The van der Waals surface area contributed by atoms with Gasteiger partial charge in [-0.1, -0.05) is 37.3 Å². The Hall–Kier alpha value is -0.540. The van der Waals surface area contributed by atoms with Gasteiger partial charge in [0.05, 0.1) is 23.0 Å². The van der Waals surface area contributed by atoms with Crippen LogP contribution in [-0.2, 0) is 0 Å². The number of aliphatic hydroxyl groups is 1. The second kappa shape index (κ2) is 6.07. The summed E-state index contributed by atoms with van der Waals surface area (Å²) in [6, 6.07) is 0.230. The predicted molar refractivity (Wildman–Crippen MR) is 73.8 cm³/mol. The molecule has 0 amide bonds. The van der Waals surface area contributed by atoms with Crippen molar-refractivity contribution in [1.82, 2.24) is 9.78 Å². The van der Waals surface area contributed by atoms with Crippen molar-refractivity contribution in [1.29, 1.82) is 0 Å². The van der Waals surface area contributed by atoms with E-state index in [0.29, 0.717) is 5.02 Å². The zero-order valence-electron chi connectivity index (χ0n) is 11.3. The molecular weight excluding hydrogens is 248 g/mol. The van der Waals surface area contributed by atoms with E-state index in [2.05, 4.69) is 18.9 Å².